The monoisotopic (exact) mass is 654 g/mol. The summed E-state index contributed by atoms with van der Waals surface area (Å²) < 4.78 is 97.8. The highest BCUT2D eigenvalue weighted by molar-refractivity contribution is 5.69. The lowest BCUT2D eigenvalue weighted by Crippen LogP contribution is -2.50. The zero-order chi connectivity index (χ0) is 34.1. The summed E-state index contributed by atoms with van der Waals surface area (Å²) in [5, 5.41) is 3.18. The van der Waals surface area contributed by atoms with Crippen molar-refractivity contribution in [3.05, 3.63) is 53.2 Å². The van der Waals surface area contributed by atoms with Gasteiger partial charge < -0.3 is 29.5 Å². The van der Waals surface area contributed by atoms with E-state index in [2.05, 4.69) is 15.3 Å². The van der Waals surface area contributed by atoms with Gasteiger partial charge in [0.15, 0.2) is 29.1 Å². The van der Waals surface area contributed by atoms with Gasteiger partial charge in [-0.1, -0.05) is 0 Å². The predicted molar refractivity (Wildman–Crippen MR) is 149 cm³/mol. The van der Waals surface area contributed by atoms with E-state index in [1.807, 2.05) is 20.8 Å². The van der Waals surface area contributed by atoms with Gasteiger partial charge in [0.2, 0.25) is 0 Å². The second-order valence-electron chi connectivity index (χ2n) is 11.8. The van der Waals surface area contributed by atoms with Crippen molar-refractivity contribution < 1.29 is 49.8 Å². The number of piperazine rings is 2. The highest BCUT2D eigenvalue weighted by atomic mass is 19.2. The third-order valence-corrected chi connectivity index (χ3v) is 5.71. The molecule has 45 heavy (non-hydrogen) atoms. The molecule has 4 rings (SSSR count). The van der Waals surface area contributed by atoms with Gasteiger partial charge >= 0.3 is 12.2 Å². The molecule has 252 valence electrons. The number of carbonyl (C=O) groups is 2. The van der Waals surface area contributed by atoms with Crippen LogP contribution in [0.3, 0.4) is 0 Å². The van der Waals surface area contributed by atoms with Crippen molar-refractivity contribution in [1.82, 2.24) is 25.1 Å². The number of amides is 2. The van der Waals surface area contributed by atoms with Crippen LogP contribution in [0.25, 0.3) is 0 Å². The van der Waals surface area contributed by atoms with Crippen molar-refractivity contribution in [1.29, 1.82) is 0 Å². The standard InChI is InChI=1S/C14H18F3N3O2.C9H18N2O2.C5HF4N/c1-14(2,3)22-13(21)20-6-4-19(5-7-20)12-10(16)8-9(15)11(17)18-12;1-9(2,3)13-8(12)11-6-4-10-5-7-11;6-2-1-3(7)5(9)10-4(2)8/h8H,4-7H2,1-3H3;10H,4-7H2,1-3H3;1H. The van der Waals surface area contributed by atoms with Crippen molar-refractivity contribution in [3.8, 4) is 0 Å². The van der Waals surface area contributed by atoms with Crippen LogP contribution in [0.15, 0.2) is 12.1 Å². The molecule has 0 aliphatic carbocycles. The molecule has 10 nitrogen and oxygen atoms in total. The summed E-state index contributed by atoms with van der Waals surface area (Å²) in [5.74, 6) is -10.1. The van der Waals surface area contributed by atoms with Crippen molar-refractivity contribution >= 4 is 18.0 Å². The molecule has 0 unspecified atom stereocenters. The van der Waals surface area contributed by atoms with E-state index in [4.69, 9.17) is 9.47 Å². The molecule has 2 aliphatic rings. The molecule has 1 N–H and O–H groups in total. The number of rotatable bonds is 1. The van der Waals surface area contributed by atoms with Gasteiger partial charge in [-0.15, -0.1) is 0 Å². The number of halogens is 7. The Balaban J connectivity index is 0.000000259. The average molecular weight is 655 g/mol. The maximum absolute atomic E-state index is 13.7. The molecule has 2 aromatic heterocycles. The van der Waals surface area contributed by atoms with Gasteiger partial charge in [-0.25, -0.2) is 27.2 Å². The average Bonchev–Trinajstić information content (AvgIpc) is 2.93. The van der Waals surface area contributed by atoms with Crippen LogP contribution in [-0.2, 0) is 9.47 Å². The van der Waals surface area contributed by atoms with Gasteiger partial charge in [0.1, 0.15) is 11.2 Å². The number of ether oxygens (including phenoxy) is 2. The predicted octanol–water partition coefficient (Wildman–Crippen LogP) is 5.02. The summed E-state index contributed by atoms with van der Waals surface area (Å²) in [5.41, 5.74) is -0.982. The molecule has 2 fully saturated rings. The number of aromatic nitrogens is 2. The highest BCUT2D eigenvalue weighted by Crippen LogP contribution is 2.21. The Morgan fingerprint density at radius 1 is 0.622 bits per heavy atom. The van der Waals surface area contributed by atoms with E-state index in [0.29, 0.717) is 6.07 Å². The first-order valence-corrected chi connectivity index (χ1v) is 13.9. The number of carbonyl (C=O) groups excluding carboxylic acids is 2. The number of pyridine rings is 2. The third-order valence-electron chi connectivity index (χ3n) is 5.71. The Kier molecular flexibility index (Phi) is 13.2. The second kappa shape index (κ2) is 15.9. The van der Waals surface area contributed by atoms with Crippen molar-refractivity contribution in [2.45, 2.75) is 52.7 Å². The maximum Gasteiger partial charge on any atom is 0.410 e. The Hall–Kier alpha value is -3.89. The zero-order valence-corrected chi connectivity index (χ0v) is 25.8. The van der Waals surface area contributed by atoms with E-state index in [1.54, 1.807) is 25.7 Å². The fraction of sp³-hybridized carbons (Fsp3) is 0.571. The lowest BCUT2D eigenvalue weighted by atomic mass is 10.2. The molecule has 0 aromatic carbocycles. The van der Waals surface area contributed by atoms with E-state index in [0.717, 1.165) is 26.2 Å². The molecule has 0 spiro atoms. The SMILES string of the molecule is CC(C)(C)OC(=O)N1CCN(c2nc(F)c(F)cc2F)CC1.CC(C)(C)OC(=O)N1CCNCC1.Fc1cc(F)c(F)nc1F. The molecule has 4 heterocycles. The van der Waals surface area contributed by atoms with Gasteiger partial charge in [-0.05, 0) is 41.5 Å². The number of nitrogens with one attached hydrogen (secondary N) is 1. The van der Waals surface area contributed by atoms with Gasteiger partial charge in [-0.2, -0.15) is 23.1 Å². The Morgan fingerprint density at radius 3 is 1.40 bits per heavy atom. The van der Waals surface area contributed by atoms with E-state index < -0.39 is 52.8 Å². The molecule has 17 heteroatoms. The molecule has 0 radical (unpaired) electrons. The quantitative estimate of drug-likeness (QED) is 0.338. The summed E-state index contributed by atoms with van der Waals surface area (Å²) in [6.07, 6.45) is -0.653. The van der Waals surface area contributed by atoms with Gasteiger partial charge in [0, 0.05) is 64.5 Å². The molecule has 0 bridgehead atoms. The Bertz CT molecular complexity index is 1260. The normalized spacial score (nSPS) is 15.4. The van der Waals surface area contributed by atoms with Crippen molar-refractivity contribution in [2.75, 3.05) is 57.3 Å². The molecule has 0 saturated carbocycles. The van der Waals surface area contributed by atoms with Crippen molar-refractivity contribution in [2.24, 2.45) is 0 Å². The number of nitrogens with zero attached hydrogens (tertiary/aromatic N) is 5. The minimum absolute atomic E-state index is 0.0949. The molecular weight excluding hydrogens is 617 g/mol. The van der Waals surface area contributed by atoms with Crippen molar-refractivity contribution in [3.63, 3.8) is 0 Å². The van der Waals surface area contributed by atoms with Gasteiger partial charge in [0.05, 0.1) is 0 Å². The fourth-order valence-corrected chi connectivity index (χ4v) is 3.68. The highest BCUT2D eigenvalue weighted by Gasteiger charge is 2.28. The van der Waals surface area contributed by atoms with Gasteiger partial charge in [0.25, 0.3) is 17.8 Å². The van der Waals surface area contributed by atoms with E-state index >= 15 is 0 Å². The maximum atomic E-state index is 13.7. The van der Waals surface area contributed by atoms with Crippen LogP contribution in [0.1, 0.15) is 41.5 Å². The fourth-order valence-electron chi connectivity index (χ4n) is 3.68. The molecule has 2 saturated heterocycles. The summed E-state index contributed by atoms with van der Waals surface area (Å²) in [7, 11) is 0. The minimum Gasteiger partial charge on any atom is -0.444 e. The largest absolute Gasteiger partial charge is 0.444 e. The van der Waals surface area contributed by atoms with Crippen LogP contribution in [-0.4, -0.2) is 95.5 Å². The van der Waals surface area contributed by atoms with Crippen LogP contribution in [0.2, 0.25) is 0 Å². The number of hydrogen-bond donors (Lipinski definition) is 1. The summed E-state index contributed by atoms with van der Waals surface area (Å²) in [4.78, 5) is 33.7. The number of anilines is 1. The molecule has 0 atom stereocenters. The lowest BCUT2D eigenvalue weighted by molar-refractivity contribution is 0.0222. The third kappa shape index (κ3) is 12.6. The molecule has 2 amide bonds. The lowest BCUT2D eigenvalue weighted by Gasteiger charge is -2.36. The Labute approximate surface area is 256 Å². The van der Waals surface area contributed by atoms with E-state index in [1.165, 1.54) is 9.80 Å². The summed E-state index contributed by atoms with van der Waals surface area (Å²) in [6.45, 7) is 15.2. The summed E-state index contributed by atoms with van der Waals surface area (Å²) >= 11 is 0. The topological polar surface area (TPSA) is 100 Å². The van der Waals surface area contributed by atoms with Crippen LogP contribution < -0.4 is 10.2 Å². The molecular formula is C28H37F7N6O4. The van der Waals surface area contributed by atoms with E-state index in [9.17, 15) is 40.3 Å². The molecule has 2 aromatic rings. The van der Waals surface area contributed by atoms with Crippen LogP contribution in [0.5, 0.6) is 0 Å². The minimum atomic E-state index is -1.64. The first kappa shape index (κ1) is 37.3. The second-order valence-corrected chi connectivity index (χ2v) is 11.8. The first-order valence-electron chi connectivity index (χ1n) is 13.9. The van der Waals surface area contributed by atoms with E-state index in [-0.39, 0.29) is 49.8 Å². The van der Waals surface area contributed by atoms with Crippen LogP contribution >= 0.6 is 0 Å². The van der Waals surface area contributed by atoms with Crippen LogP contribution in [0, 0.1) is 41.1 Å². The molecule has 2 aliphatic heterocycles. The summed E-state index contributed by atoms with van der Waals surface area (Å²) in [6, 6.07) is 0.565. The zero-order valence-electron chi connectivity index (χ0n) is 25.8. The smallest absolute Gasteiger partial charge is 0.410 e. The Morgan fingerprint density at radius 2 is 1.00 bits per heavy atom. The number of hydrogen-bond acceptors (Lipinski definition) is 8. The van der Waals surface area contributed by atoms with Gasteiger partial charge in [-0.3, -0.25) is 0 Å². The van der Waals surface area contributed by atoms with Crippen LogP contribution in [0.4, 0.5) is 46.1 Å². The first-order chi connectivity index (χ1) is 20.8.